The van der Waals surface area contributed by atoms with Crippen molar-refractivity contribution in [2.24, 2.45) is 0 Å². The number of halogens is 2. The van der Waals surface area contributed by atoms with E-state index in [9.17, 15) is 13.6 Å². The Morgan fingerprint density at radius 2 is 1.75 bits per heavy atom. The summed E-state index contributed by atoms with van der Waals surface area (Å²) in [7, 11) is 0. The predicted octanol–water partition coefficient (Wildman–Crippen LogP) is 3.54. The zero-order chi connectivity index (χ0) is 14.5. The highest BCUT2D eigenvalue weighted by Crippen LogP contribution is 2.18. The average molecular weight is 276 g/mol. The molecule has 104 valence electrons. The first-order valence-electron chi connectivity index (χ1n) is 6.10. The van der Waals surface area contributed by atoms with Gasteiger partial charge in [-0.2, -0.15) is 0 Å². The van der Waals surface area contributed by atoms with Gasteiger partial charge in [0.1, 0.15) is 11.6 Å². The van der Waals surface area contributed by atoms with Crippen molar-refractivity contribution in [1.29, 1.82) is 0 Å². The lowest BCUT2D eigenvalue weighted by atomic mass is 10.1. The molecule has 1 amide bonds. The maximum atomic E-state index is 13.1. The molecule has 0 aliphatic rings. The number of nitrogens with one attached hydrogen (secondary N) is 2. The van der Waals surface area contributed by atoms with Crippen molar-refractivity contribution in [1.82, 2.24) is 0 Å². The smallest absolute Gasteiger partial charge is 0.221 e. The summed E-state index contributed by atoms with van der Waals surface area (Å²) in [6.07, 6.45) is 0. The van der Waals surface area contributed by atoms with Crippen LogP contribution in [0.4, 0.5) is 20.2 Å². The van der Waals surface area contributed by atoms with Crippen molar-refractivity contribution >= 4 is 17.3 Å². The van der Waals surface area contributed by atoms with E-state index in [0.29, 0.717) is 17.9 Å². The van der Waals surface area contributed by atoms with Crippen molar-refractivity contribution in [2.75, 3.05) is 10.6 Å². The van der Waals surface area contributed by atoms with E-state index in [2.05, 4.69) is 10.6 Å². The van der Waals surface area contributed by atoms with Gasteiger partial charge in [0.25, 0.3) is 0 Å². The number of anilines is 2. The Hall–Kier alpha value is -2.43. The van der Waals surface area contributed by atoms with E-state index in [1.807, 2.05) is 12.1 Å². The van der Waals surface area contributed by atoms with Crippen molar-refractivity contribution in [3.63, 3.8) is 0 Å². The Morgan fingerprint density at radius 3 is 2.40 bits per heavy atom. The SMILES string of the molecule is CC(=O)Nc1ccccc1CNc1cc(F)cc(F)c1. The van der Waals surface area contributed by atoms with Gasteiger partial charge in [-0.1, -0.05) is 18.2 Å². The van der Waals surface area contributed by atoms with Gasteiger partial charge in [-0.25, -0.2) is 8.78 Å². The lowest BCUT2D eigenvalue weighted by Crippen LogP contribution is -2.10. The fourth-order valence-electron chi connectivity index (χ4n) is 1.84. The van der Waals surface area contributed by atoms with Crippen molar-refractivity contribution in [3.05, 3.63) is 59.7 Å². The summed E-state index contributed by atoms with van der Waals surface area (Å²) >= 11 is 0. The molecule has 0 unspecified atom stereocenters. The van der Waals surface area contributed by atoms with Crippen LogP contribution in [-0.4, -0.2) is 5.91 Å². The van der Waals surface area contributed by atoms with Gasteiger partial charge in [0, 0.05) is 30.9 Å². The molecule has 0 aliphatic heterocycles. The number of amides is 1. The molecule has 2 aromatic rings. The Morgan fingerprint density at radius 1 is 1.10 bits per heavy atom. The fraction of sp³-hybridized carbons (Fsp3) is 0.133. The minimum atomic E-state index is -0.636. The van der Waals surface area contributed by atoms with Crippen LogP contribution in [0.2, 0.25) is 0 Å². The van der Waals surface area contributed by atoms with Crippen molar-refractivity contribution in [3.8, 4) is 0 Å². The van der Waals surface area contributed by atoms with Crippen LogP contribution in [0.25, 0.3) is 0 Å². The lowest BCUT2D eigenvalue weighted by Gasteiger charge is -2.11. The Bertz CT molecular complexity index is 609. The van der Waals surface area contributed by atoms with Crippen LogP contribution in [0.5, 0.6) is 0 Å². The molecule has 5 heteroatoms. The zero-order valence-electron chi connectivity index (χ0n) is 10.9. The third kappa shape index (κ3) is 3.78. The van der Waals surface area contributed by atoms with E-state index in [0.717, 1.165) is 11.6 Å². The molecular weight excluding hydrogens is 262 g/mol. The molecule has 0 radical (unpaired) electrons. The van der Waals surface area contributed by atoms with Crippen LogP contribution in [0.3, 0.4) is 0 Å². The number of benzene rings is 2. The van der Waals surface area contributed by atoms with E-state index >= 15 is 0 Å². The molecular formula is C15H14F2N2O. The molecule has 2 N–H and O–H groups in total. The van der Waals surface area contributed by atoms with Crippen LogP contribution in [0.1, 0.15) is 12.5 Å². The molecule has 3 nitrogen and oxygen atoms in total. The first-order valence-corrected chi connectivity index (χ1v) is 6.10. The molecule has 20 heavy (non-hydrogen) atoms. The minimum Gasteiger partial charge on any atom is -0.381 e. The fourth-order valence-corrected chi connectivity index (χ4v) is 1.84. The Labute approximate surface area is 115 Å². The molecule has 0 bridgehead atoms. The molecule has 0 aromatic heterocycles. The summed E-state index contributed by atoms with van der Waals surface area (Å²) in [5, 5.41) is 5.63. The molecule has 0 heterocycles. The van der Waals surface area contributed by atoms with Gasteiger partial charge in [0.2, 0.25) is 5.91 Å². The minimum absolute atomic E-state index is 0.172. The largest absolute Gasteiger partial charge is 0.381 e. The number of carbonyl (C=O) groups is 1. The van der Waals surface area contributed by atoms with Crippen LogP contribution < -0.4 is 10.6 Å². The number of rotatable bonds is 4. The van der Waals surface area contributed by atoms with Gasteiger partial charge < -0.3 is 10.6 Å². The topological polar surface area (TPSA) is 41.1 Å². The summed E-state index contributed by atoms with van der Waals surface area (Å²) in [6.45, 7) is 1.77. The number of para-hydroxylation sites is 1. The predicted molar refractivity (Wildman–Crippen MR) is 74.4 cm³/mol. The van der Waals surface area contributed by atoms with E-state index in [-0.39, 0.29) is 5.91 Å². The standard InChI is InChI=1S/C15H14F2N2O/c1-10(20)19-15-5-3-2-4-11(15)9-18-14-7-12(16)6-13(17)8-14/h2-8,18H,9H2,1H3,(H,19,20). The first kappa shape index (κ1) is 14.0. The second-order valence-electron chi connectivity index (χ2n) is 4.35. The summed E-state index contributed by atoms with van der Waals surface area (Å²) < 4.78 is 26.1. The number of hydrogen-bond acceptors (Lipinski definition) is 2. The van der Waals surface area contributed by atoms with Crippen LogP contribution in [0.15, 0.2) is 42.5 Å². The Balaban J connectivity index is 2.12. The first-order chi connectivity index (χ1) is 9.54. The second-order valence-corrected chi connectivity index (χ2v) is 4.35. The van der Waals surface area contributed by atoms with Gasteiger partial charge in [-0.15, -0.1) is 0 Å². The maximum Gasteiger partial charge on any atom is 0.221 e. The highest BCUT2D eigenvalue weighted by atomic mass is 19.1. The third-order valence-electron chi connectivity index (χ3n) is 2.67. The quantitative estimate of drug-likeness (QED) is 0.896. The molecule has 0 saturated carbocycles. The third-order valence-corrected chi connectivity index (χ3v) is 2.67. The van der Waals surface area contributed by atoms with Gasteiger partial charge in [-0.05, 0) is 23.8 Å². The summed E-state index contributed by atoms with van der Waals surface area (Å²) in [4.78, 5) is 11.1. The van der Waals surface area contributed by atoms with E-state index in [1.54, 1.807) is 12.1 Å². The van der Waals surface area contributed by atoms with E-state index < -0.39 is 11.6 Å². The van der Waals surface area contributed by atoms with Gasteiger partial charge in [0.15, 0.2) is 0 Å². The Kier molecular flexibility index (Phi) is 4.30. The summed E-state index contributed by atoms with van der Waals surface area (Å²) in [5.74, 6) is -1.44. The zero-order valence-corrected chi connectivity index (χ0v) is 10.9. The average Bonchev–Trinajstić information content (AvgIpc) is 2.36. The van der Waals surface area contributed by atoms with Gasteiger partial charge in [-0.3, -0.25) is 4.79 Å². The van der Waals surface area contributed by atoms with Gasteiger partial charge in [0.05, 0.1) is 0 Å². The molecule has 0 atom stereocenters. The summed E-state index contributed by atoms with van der Waals surface area (Å²) in [6, 6.07) is 10.5. The van der Waals surface area contributed by atoms with E-state index in [4.69, 9.17) is 0 Å². The second kappa shape index (κ2) is 6.14. The van der Waals surface area contributed by atoms with Crippen LogP contribution in [-0.2, 0) is 11.3 Å². The van der Waals surface area contributed by atoms with Crippen LogP contribution in [0, 0.1) is 11.6 Å². The number of carbonyl (C=O) groups excluding carboxylic acids is 1. The highest BCUT2D eigenvalue weighted by molar-refractivity contribution is 5.89. The van der Waals surface area contributed by atoms with Crippen LogP contribution >= 0.6 is 0 Å². The summed E-state index contributed by atoms with van der Waals surface area (Å²) in [5.41, 5.74) is 1.84. The lowest BCUT2D eigenvalue weighted by molar-refractivity contribution is -0.114. The monoisotopic (exact) mass is 276 g/mol. The maximum absolute atomic E-state index is 13.1. The molecule has 0 saturated heterocycles. The molecule has 2 rings (SSSR count). The highest BCUT2D eigenvalue weighted by Gasteiger charge is 2.04. The number of hydrogen-bond donors (Lipinski definition) is 2. The van der Waals surface area contributed by atoms with Crippen molar-refractivity contribution < 1.29 is 13.6 Å². The van der Waals surface area contributed by atoms with Crippen molar-refractivity contribution in [2.45, 2.75) is 13.5 Å². The molecule has 2 aromatic carbocycles. The normalized spacial score (nSPS) is 10.2. The van der Waals surface area contributed by atoms with E-state index in [1.165, 1.54) is 19.1 Å². The van der Waals surface area contributed by atoms with Gasteiger partial charge >= 0.3 is 0 Å². The molecule has 0 spiro atoms. The molecule has 0 fully saturated rings. The molecule has 0 aliphatic carbocycles.